The number of ether oxygens (including phenoxy) is 2. The molecular formula is C17H26N2O2. The van der Waals surface area contributed by atoms with Crippen molar-refractivity contribution in [3.8, 4) is 11.5 Å². The summed E-state index contributed by atoms with van der Waals surface area (Å²) < 4.78 is 11.2. The normalized spacial score (nSPS) is 21.2. The summed E-state index contributed by atoms with van der Waals surface area (Å²) in [5.74, 6) is 1.61. The first-order chi connectivity index (χ1) is 10.1. The van der Waals surface area contributed by atoms with Crippen LogP contribution in [-0.2, 0) is 6.54 Å². The summed E-state index contributed by atoms with van der Waals surface area (Å²) in [6.07, 6.45) is 3.81. The molecule has 0 aromatic heterocycles. The van der Waals surface area contributed by atoms with Gasteiger partial charge in [-0.25, -0.2) is 0 Å². The smallest absolute Gasteiger partial charge is 0.163 e. The van der Waals surface area contributed by atoms with Gasteiger partial charge in [0.1, 0.15) is 13.2 Å². The zero-order chi connectivity index (χ0) is 14.9. The van der Waals surface area contributed by atoms with Gasteiger partial charge in [-0.15, -0.1) is 0 Å². The zero-order valence-electron chi connectivity index (χ0n) is 13.2. The number of nitrogens with two attached hydrogens (primary N) is 1. The van der Waals surface area contributed by atoms with Crippen molar-refractivity contribution in [2.45, 2.75) is 39.7 Å². The van der Waals surface area contributed by atoms with Crippen molar-refractivity contribution < 1.29 is 9.47 Å². The summed E-state index contributed by atoms with van der Waals surface area (Å²) in [5.41, 5.74) is 8.66. The van der Waals surface area contributed by atoms with Crippen molar-refractivity contribution in [1.29, 1.82) is 0 Å². The molecule has 0 saturated carbocycles. The number of nitrogens with zero attached hydrogens (tertiary/aromatic N) is 1. The second kappa shape index (κ2) is 5.76. The van der Waals surface area contributed by atoms with E-state index in [0.717, 1.165) is 42.4 Å². The Bertz CT molecular complexity index is 508. The van der Waals surface area contributed by atoms with Gasteiger partial charge in [-0.1, -0.05) is 20.3 Å². The maximum Gasteiger partial charge on any atom is 0.163 e. The van der Waals surface area contributed by atoms with Crippen LogP contribution in [0.5, 0.6) is 11.5 Å². The predicted octanol–water partition coefficient (Wildman–Crippen LogP) is 3.05. The third-order valence-corrected chi connectivity index (χ3v) is 5.11. The Morgan fingerprint density at radius 3 is 2.38 bits per heavy atom. The van der Waals surface area contributed by atoms with Gasteiger partial charge < -0.3 is 15.2 Å². The van der Waals surface area contributed by atoms with Crippen LogP contribution in [0, 0.1) is 5.41 Å². The van der Waals surface area contributed by atoms with Crippen LogP contribution in [0.4, 0.5) is 5.69 Å². The SMILES string of the molecule is CCC1(C)CCN(Cc2cc3c(cc2N)OCCO3)CC1. The minimum Gasteiger partial charge on any atom is -0.486 e. The first-order valence-electron chi connectivity index (χ1n) is 8.00. The van der Waals surface area contributed by atoms with Crippen LogP contribution >= 0.6 is 0 Å². The van der Waals surface area contributed by atoms with Gasteiger partial charge in [0.2, 0.25) is 0 Å². The van der Waals surface area contributed by atoms with Gasteiger partial charge in [-0.3, -0.25) is 4.90 Å². The van der Waals surface area contributed by atoms with E-state index in [9.17, 15) is 0 Å². The van der Waals surface area contributed by atoms with Crippen LogP contribution in [-0.4, -0.2) is 31.2 Å². The standard InChI is InChI=1S/C17H26N2O2/c1-3-17(2)4-6-19(7-5-17)12-13-10-15-16(11-14(13)18)21-9-8-20-15/h10-11H,3-9,12,18H2,1-2H3. The van der Waals surface area contributed by atoms with E-state index in [2.05, 4.69) is 24.8 Å². The third kappa shape index (κ3) is 3.10. The van der Waals surface area contributed by atoms with Gasteiger partial charge >= 0.3 is 0 Å². The number of fused-ring (bicyclic) bond motifs is 1. The Morgan fingerprint density at radius 1 is 1.14 bits per heavy atom. The van der Waals surface area contributed by atoms with Crippen LogP contribution in [0.25, 0.3) is 0 Å². The fraction of sp³-hybridized carbons (Fsp3) is 0.647. The minimum absolute atomic E-state index is 0.523. The van der Waals surface area contributed by atoms with Crippen molar-refractivity contribution in [2.75, 3.05) is 32.0 Å². The molecule has 0 radical (unpaired) electrons. The molecule has 2 aliphatic heterocycles. The average molecular weight is 290 g/mol. The lowest BCUT2D eigenvalue weighted by molar-refractivity contribution is 0.109. The molecule has 116 valence electrons. The van der Waals surface area contributed by atoms with E-state index in [1.807, 2.05) is 6.07 Å². The number of anilines is 1. The molecule has 0 amide bonds. The molecular weight excluding hydrogens is 264 g/mol. The summed E-state index contributed by atoms with van der Waals surface area (Å²) in [6.45, 7) is 9.14. The fourth-order valence-electron chi connectivity index (χ4n) is 3.13. The lowest BCUT2D eigenvalue weighted by Gasteiger charge is -2.39. The van der Waals surface area contributed by atoms with E-state index >= 15 is 0 Å². The van der Waals surface area contributed by atoms with E-state index in [4.69, 9.17) is 15.2 Å². The predicted molar refractivity (Wildman–Crippen MR) is 84.8 cm³/mol. The number of nitrogen functional groups attached to an aromatic ring is 1. The van der Waals surface area contributed by atoms with Crippen molar-refractivity contribution in [1.82, 2.24) is 4.90 Å². The van der Waals surface area contributed by atoms with Crippen molar-refractivity contribution in [3.05, 3.63) is 17.7 Å². The van der Waals surface area contributed by atoms with Gasteiger partial charge in [0.05, 0.1) is 0 Å². The quantitative estimate of drug-likeness (QED) is 0.869. The molecule has 21 heavy (non-hydrogen) atoms. The van der Waals surface area contributed by atoms with E-state index in [0.29, 0.717) is 18.6 Å². The van der Waals surface area contributed by atoms with Crippen molar-refractivity contribution >= 4 is 5.69 Å². The number of piperidine rings is 1. The molecule has 0 bridgehead atoms. The largest absolute Gasteiger partial charge is 0.486 e. The molecule has 1 saturated heterocycles. The average Bonchev–Trinajstić information content (AvgIpc) is 2.50. The first-order valence-corrected chi connectivity index (χ1v) is 8.00. The first kappa shape index (κ1) is 14.5. The van der Waals surface area contributed by atoms with Crippen LogP contribution in [0.15, 0.2) is 12.1 Å². The molecule has 2 aliphatic rings. The van der Waals surface area contributed by atoms with Crippen LogP contribution in [0.1, 0.15) is 38.7 Å². The van der Waals surface area contributed by atoms with Gasteiger partial charge in [0.25, 0.3) is 0 Å². The highest BCUT2D eigenvalue weighted by Gasteiger charge is 2.28. The van der Waals surface area contributed by atoms with Gasteiger partial charge in [0, 0.05) is 18.3 Å². The zero-order valence-corrected chi connectivity index (χ0v) is 13.2. The molecule has 0 unspecified atom stereocenters. The Hall–Kier alpha value is -1.42. The van der Waals surface area contributed by atoms with Gasteiger partial charge in [-0.2, -0.15) is 0 Å². The highest BCUT2D eigenvalue weighted by atomic mass is 16.6. The monoisotopic (exact) mass is 290 g/mol. The number of likely N-dealkylation sites (tertiary alicyclic amines) is 1. The summed E-state index contributed by atoms with van der Waals surface area (Å²) in [4.78, 5) is 2.50. The lowest BCUT2D eigenvalue weighted by atomic mass is 9.78. The number of benzene rings is 1. The van der Waals surface area contributed by atoms with Crippen LogP contribution < -0.4 is 15.2 Å². The molecule has 1 aromatic carbocycles. The lowest BCUT2D eigenvalue weighted by Crippen LogP contribution is -2.38. The maximum atomic E-state index is 6.18. The highest BCUT2D eigenvalue weighted by Crippen LogP contribution is 2.37. The topological polar surface area (TPSA) is 47.7 Å². The van der Waals surface area contributed by atoms with E-state index in [-0.39, 0.29) is 0 Å². The molecule has 2 heterocycles. The number of hydrogen-bond acceptors (Lipinski definition) is 4. The molecule has 2 N–H and O–H groups in total. The molecule has 0 atom stereocenters. The molecule has 1 aromatic rings. The Balaban J connectivity index is 1.68. The Kier molecular flexibility index (Phi) is 3.98. The Morgan fingerprint density at radius 2 is 1.76 bits per heavy atom. The Labute approximate surface area is 127 Å². The summed E-state index contributed by atoms with van der Waals surface area (Å²) in [6, 6.07) is 3.96. The molecule has 4 heteroatoms. The summed E-state index contributed by atoms with van der Waals surface area (Å²) in [7, 11) is 0. The van der Waals surface area contributed by atoms with Gasteiger partial charge in [0.15, 0.2) is 11.5 Å². The van der Waals surface area contributed by atoms with Crippen LogP contribution in [0.3, 0.4) is 0 Å². The second-order valence-electron chi connectivity index (χ2n) is 6.64. The maximum absolute atomic E-state index is 6.18. The van der Waals surface area contributed by atoms with Gasteiger partial charge in [-0.05, 0) is 43.0 Å². The minimum atomic E-state index is 0.523. The summed E-state index contributed by atoms with van der Waals surface area (Å²) in [5, 5.41) is 0. The van der Waals surface area contributed by atoms with E-state index in [1.54, 1.807) is 0 Å². The number of rotatable bonds is 3. The summed E-state index contributed by atoms with van der Waals surface area (Å²) >= 11 is 0. The van der Waals surface area contributed by atoms with Crippen LogP contribution in [0.2, 0.25) is 0 Å². The molecule has 3 rings (SSSR count). The van der Waals surface area contributed by atoms with Crippen molar-refractivity contribution in [2.24, 2.45) is 5.41 Å². The fourth-order valence-corrected chi connectivity index (χ4v) is 3.13. The van der Waals surface area contributed by atoms with E-state index < -0.39 is 0 Å². The molecule has 4 nitrogen and oxygen atoms in total. The van der Waals surface area contributed by atoms with E-state index in [1.165, 1.54) is 19.3 Å². The third-order valence-electron chi connectivity index (χ3n) is 5.11. The second-order valence-corrected chi connectivity index (χ2v) is 6.64. The molecule has 1 fully saturated rings. The highest BCUT2D eigenvalue weighted by molar-refractivity contribution is 5.58. The molecule has 0 aliphatic carbocycles. The van der Waals surface area contributed by atoms with Crippen molar-refractivity contribution in [3.63, 3.8) is 0 Å². The molecule has 0 spiro atoms. The number of hydrogen-bond donors (Lipinski definition) is 1.